The summed E-state index contributed by atoms with van der Waals surface area (Å²) in [6.07, 6.45) is 3.38. The van der Waals surface area contributed by atoms with E-state index >= 15 is 0 Å². The smallest absolute Gasteiger partial charge is 0.191 e. The summed E-state index contributed by atoms with van der Waals surface area (Å²) < 4.78 is 17.2. The fourth-order valence-corrected chi connectivity index (χ4v) is 4.35. The Morgan fingerprint density at radius 2 is 1.81 bits per heavy atom. The maximum absolute atomic E-state index is 5.81. The number of aliphatic imine (C=N–C) groups is 1. The lowest BCUT2D eigenvalue weighted by Gasteiger charge is -2.30. The molecule has 0 bridgehead atoms. The predicted octanol–water partition coefficient (Wildman–Crippen LogP) is 3.36. The molecule has 7 heteroatoms. The molecule has 0 saturated carbocycles. The third-order valence-electron chi connectivity index (χ3n) is 6.04. The van der Waals surface area contributed by atoms with E-state index in [4.69, 9.17) is 14.2 Å². The van der Waals surface area contributed by atoms with Crippen molar-refractivity contribution in [3.63, 3.8) is 0 Å². The van der Waals surface area contributed by atoms with Crippen LogP contribution in [0.4, 0.5) is 0 Å². The average molecular weight is 439 g/mol. The summed E-state index contributed by atoms with van der Waals surface area (Å²) in [5.41, 5.74) is 2.33. The molecular weight excluding hydrogens is 404 g/mol. The van der Waals surface area contributed by atoms with Crippen LogP contribution in [0.3, 0.4) is 0 Å². The molecule has 1 saturated heterocycles. The number of benzene rings is 2. The molecule has 0 radical (unpaired) electrons. The molecule has 0 spiro atoms. The van der Waals surface area contributed by atoms with Gasteiger partial charge in [0.15, 0.2) is 17.5 Å². The van der Waals surface area contributed by atoms with Gasteiger partial charge >= 0.3 is 0 Å². The van der Waals surface area contributed by atoms with Crippen LogP contribution in [-0.4, -0.2) is 57.9 Å². The molecule has 32 heavy (non-hydrogen) atoms. The molecule has 1 fully saturated rings. The third-order valence-corrected chi connectivity index (χ3v) is 6.04. The predicted molar refractivity (Wildman–Crippen MR) is 127 cm³/mol. The molecule has 2 aliphatic rings. The molecule has 0 amide bonds. The maximum Gasteiger partial charge on any atom is 0.191 e. The number of para-hydroxylation sites is 1. The molecule has 2 N–H and O–H groups in total. The van der Waals surface area contributed by atoms with Crippen LogP contribution in [0.25, 0.3) is 0 Å². The van der Waals surface area contributed by atoms with Crippen LogP contribution in [0.15, 0.2) is 47.5 Å². The Morgan fingerprint density at radius 3 is 2.59 bits per heavy atom. The Morgan fingerprint density at radius 1 is 1.03 bits per heavy atom. The van der Waals surface area contributed by atoms with Crippen LogP contribution in [0.1, 0.15) is 36.4 Å². The third kappa shape index (κ3) is 5.46. The van der Waals surface area contributed by atoms with E-state index in [1.165, 1.54) is 18.4 Å². The van der Waals surface area contributed by atoms with Crippen molar-refractivity contribution in [3.8, 4) is 17.2 Å². The molecule has 4 rings (SSSR count). The van der Waals surface area contributed by atoms with Gasteiger partial charge in [-0.15, -0.1) is 0 Å². The highest BCUT2D eigenvalue weighted by atomic mass is 16.5. The minimum absolute atomic E-state index is 0.227. The zero-order valence-electron chi connectivity index (χ0n) is 19.1. The summed E-state index contributed by atoms with van der Waals surface area (Å²) in [6, 6.07) is 14.6. The molecule has 7 nitrogen and oxygen atoms in total. The molecule has 2 aromatic rings. The van der Waals surface area contributed by atoms with Crippen LogP contribution in [-0.2, 0) is 6.54 Å². The highest BCUT2D eigenvalue weighted by Gasteiger charge is 2.26. The molecule has 0 aromatic heterocycles. The zero-order chi connectivity index (χ0) is 22.2. The van der Waals surface area contributed by atoms with E-state index in [2.05, 4.69) is 38.7 Å². The topological polar surface area (TPSA) is 67.4 Å². The van der Waals surface area contributed by atoms with Gasteiger partial charge in [-0.25, -0.2) is 0 Å². The molecule has 172 valence electrons. The Balaban J connectivity index is 1.39. The van der Waals surface area contributed by atoms with Crippen LogP contribution >= 0.6 is 0 Å². The maximum atomic E-state index is 5.81. The molecule has 2 heterocycles. The van der Waals surface area contributed by atoms with Crippen molar-refractivity contribution in [2.75, 3.05) is 47.0 Å². The largest absolute Gasteiger partial charge is 0.496 e. The van der Waals surface area contributed by atoms with Crippen LogP contribution in [0.5, 0.6) is 17.2 Å². The quantitative estimate of drug-likeness (QED) is 0.510. The summed E-state index contributed by atoms with van der Waals surface area (Å²) in [7, 11) is 3.54. The van der Waals surface area contributed by atoms with E-state index in [9.17, 15) is 0 Å². The normalized spacial score (nSPS) is 17.5. The van der Waals surface area contributed by atoms with E-state index in [1.807, 2.05) is 24.3 Å². The number of ether oxygens (including phenoxy) is 3. The van der Waals surface area contributed by atoms with E-state index in [0.29, 0.717) is 19.8 Å². The van der Waals surface area contributed by atoms with Crippen molar-refractivity contribution in [1.29, 1.82) is 0 Å². The highest BCUT2D eigenvalue weighted by Crippen LogP contribution is 2.32. The van der Waals surface area contributed by atoms with Crippen molar-refractivity contribution in [1.82, 2.24) is 15.5 Å². The van der Waals surface area contributed by atoms with E-state index in [0.717, 1.165) is 54.8 Å². The monoisotopic (exact) mass is 438 g/mol. The van der Waals surface area contributed by atoms with Gasteiger partial charge in [-0.3, -0.25) is 9.89 Å². The first-order chi connectivity index (χ1) is 15.8. The Kier molecular flexibility index (Phi) is 7.72. The van der Waals surface area contributed by atoms with Gasteiger partial charge in [0.2, 0.25) is 0 Å². The van der Waals surface area contributed by atoms with Crippen LogP contribution in [0.2, 0.25) is 0 Å². The van der Waals surface area contributed by atoms with Crippen molar-refractivity contribution in [2.24, 2.45) is 4.99 Å². The van der Waals surface area contributed by atoms with Gasteiger partial charge in [0.05, 0.1) is 26.4 Å². The fourth-order valence-electron chi connectivity index (χ4n) is 4.35. The van der Waals surface area contributed by atoms with E-state index in [-0.39, 0.29) is 6.04 Å². The summed E-state index contributed by atoms with van der Waals surface area (Å²) in [4.78, 5) is 6.96. The molecule has 1 unspecified atom stereocenters. The molecular formula is C25H34N4O3. The second kappa shape index (κ2) is 11.1. The molecule has 2 aromatic carbocycles. The second-order valence-corrected chi connectivity index (χ2v) is 8.14. The number of hydrogen-bond donors (Lipinski definition) is 2. The minimum Gasteiger partial charge on any atom is -0.496 e. The van der Waals surface area contributed by atoms with Gasteiger partial charge in [0, 0.05) is 32.1 Å². The number of hydrogen-bond acceptors (Lipinski definition) is 5. The molecule has 1 atom stereocenters. The second-order valence-electron chi connectivity index (χ2n) is 8.14. The van der Waals surface area contributed by atoms with Crippen molar-refractivity contribution >= 4 is 5.96 Å². The fraction of sp³-hybridized carbons (Fsp3) is 0.480. The number of nitrogens with one attached hydrogen (secondary N) is 2. The SMILES string of the molecule is CN=C(NCc1ccc2c(c1)OCCCO2)NCC(c1ccccc1OC)N1CCCC1. The number of nitrogens with zero attached hydrogens (tertiary/aromatic N) is 2. The molecule has 0 aliphatic carbocycles. The number of rotatable bonds is 7. The Hall–Kier alpha value is -2.93. The summed E-state index contributed by atoms with van der Waals surface area (Å²) in [6.45, 7) is 5.00. The first-order valence-electron chi connectivity index (χ1n) is 11.5. The number of methoxy groups -OCH3 is 1. The minimum atomic E-state index is 0.227. The summed E-state index contributed by atoms with van der Waals surface area (Å²) >= 11 is 0. The van der Waals surface area contributed by atoms with Gasteiger partial charge in [0.1, 0.15) is 5.75 Å². The lowest BCUT2D eigenvalue weighted by atomic mass is 10.0. The number of fused-ring (bicyclic) bond motifs is 1. The summed E-state index contributed by atoms with van der Waals surface area (Å²) in [5.74, 6) is 3.34. The van der Waals surface area contributed by atoms with Crippen LogP contribution < -0.4 is 24.8 Å². The average Bonchev–Trinajstić information content (AvgIpc) is 3.26. The first kappa shape index (κ1) is 22.3. The zero-order valence-corrected chi connectivity index (χ0v) is 19.1. The Labute approximate surface area is 190 Å². The lowest BCUT2D eigenvalue weighted by molar-refractivity contribution is 0.239. The highest BCUT2D eigenvalue weighted by molar-refractivity contribution is 5.79. The standard InChI is InChI=1S/C25H34N4O3/c1-26-25(27-17-19-10-11-23-24(16-19)32-15-7-14-31-23)28-18-21(29-12-5-6-13-29)20-8-3-4-9-22(20)30-2/h3-4,8-11,16,21H,5-7,12-15,17-18H2,1-2H3,(H2,26,27,28). The van der Waals surface area contributed by atoms with Crippen LogP contribution in [0, 0.1) is 0 Å². The van der Waals surface area contributed by atoms with Crippen molar-refractivity contribution < 1.29 is 14.2 Å². The Bertz CT molecular complexity index is 912. The van der Waals surface area contributed by atoms with Gasteiger partial charge in [0.25, 0.3) is 0 Å². The van der Waals surface area contributed by atoms with Gasteiger partial charge < -0.3 is 24.8 Å². The van der Waals surface area contributed by atoms with E-state index in [1.54, 1.807) is 14.2 Å². The van der Waals surface area contributed by atoms with Gasteiger partial charge in [-0.1, -0.05) is 24.3 Å². The lowest BCUT2D eigenvalue weighted by Crippen LogP contribution is -2.42. The number of guanidine groups is 1. The van der Waals surface area contributed by atoms with Crippen molar-refractivity contribution in [3.05, 3.63) is 53.6 Å². The summed E-state index contributed by atoms with van der Waals surface area (Å²) in [5, 5.41) is 6.95. The van der Waals surface area contributed by atoms with Gasteiger partial charge in [-0.05, 0) is 49.7 Å². The first-order valence-corrected chi connectivity index (χ1v) is 11.5. The number of likely N-dealkylation sites (tertiary alicyclic amines) is 1. The van der Waals surface area contributed by atoms with Gasteiger partial charge in [-0.2, -0.15) is 0 Å². The van der Waals surface area contributed by atoms with E-state index < -0.39 is 0 Å². The van der Waals surface area contributed by atoms with Crippen molar-refractivity contribution in [2.45, 2.75) is 31.8 Å². The molecule has 2 aliphatic heterocycles.